The molecule has 0 radical (unpaired) electrons. The fourth-order valence-electron chi connectivity index (χ4n) is 3.49. The molecule has 2 heterocycles. The lowest BCUT2D eigenvalue weighted by molar-refractivity contribution is -0.132. The smallest absolute Gasteiger partial charge is 0.300 e. The third-order valence-corrected chi connectivity index (χ3v) is 5.29. The first kappa shape index (κ1) is 19.8. The van der Waals surface area contributed by atoms with Gasteiger partial charge >= 0.3 is 0 Å². The van der Waals surface area contributed by atoms with Crippen molar-refractivity contribution in [3.63, 3.8) is 0 Å². The second-order valence-electron chi connectivity index (χ2n) is 6.87. The standard InChI is InChI=1S/C23H18ClNO5/c1-13-5-7-14(8-6-13)21(26)19-20(18-4-3-11-30-18)25(23(28)22(19)27)15-9-10-17(29-2)16(24)12-15/h3-12,20,26H,1-2H3/b21-19-. The molecule has 1 aliphatic heterocycles. The van der Waals surface area contributed by atoms with Crippen LogP contribution in [0.2, 0.25) is 5.02 Å². The summed E-state index contributed by atoms with van der Waals surface area (Å²) >= 11 is 6.24. The summed E-state index contributed by atoms with van der Waals surface area (Å²) in [5.41, 5.74) is 1.77. The topological polar surface area (TPSA) is 80.0 Å². The zero-order valence-electron chi connectivity index (χ0n) is 16.3. The Hall–Kier alpha value is -3.51. The van der Waals surface area contributed by atoms with Crippen LogP contribution >= 0.6 is 11.6 Å². The summed E-state index contributed by atoms with van der Waals surface area (Å²) in [5.74, 6) is -1.08. The average molecular weight is 424 g/mol. The van der Waals surface area contributed by atoms with Gasteiger partial charge in [-0.05, 0) is 37.3 Å². The molecule has 1 aromatic heterocycles. The van der Waals surface area contributed by atoms with Gasteiger partial charge in [0.1, 0.15) is 23.3 Å². The summed E-state index contributed by atoms with van der Waals surface area (Å²) < 4.78 is 10.7. The normalized spacial score (nSPS) is 18.1. The first-order chi connectivity index (χ1) is 14.4. The van der Waals surface area contributed by atoms with E-state index in [-0.39, 0.29) is 16.4 Å². The van der Waals surface area contributed by atoms with Gasteiger partial charge in [-0.15, -0.1) is 0 Å². The number of carbonyl (C=O) groups excluding carboxylic acids is 2. The Morgan fingerprint density at radius 3 is 2.47 bits per heavy atom. The maximum Gasteiger partial charge on any atom is 0.300 e. The average Bonchev–Trinajstić information content (AvgIpc) is 3.35. The van der Waals surface area contributed by atoms with Gasteiger partial charge in [-0.2, -0.15) is 0 Å². The summed E-state index contributed by atoms with van der Waals surface area (Å²) in [4.78, 5) is 27.2. The van der Waals surface area contributed by atoms with Crippen LogP contribution in [0.4, 0.5) is 5.69 Å². The molecule has 30 heavy (non-hydrogen) atoms. The number of hydrogen-bond donors (Lipinski definition) is 1. The van der Waals surface area contributed by atoms with Gasteiger partial charge in [0.15, 0.2) is 0 Å². The van der Waals surface area contributed by atoms with Gasteiger partial charge in [0.05, 0.1) is 24.0 Å². The SMILES string of the molecule is COc1ccc(N2C(=O)C(=O)/C(=C(\O)c3ccc(C)cc3)C2c2ccco2)cc1Cl. The van der Waals surface area contributed by atoms with Crippen molar-refractivity contribution in [2.75, 3.05) is 12.0 Å². The molecular formula is C23H18ClNO5. The summed E-state index contributed by atoms with van der Waals surface area (Å²) in [5, 5.41) is 11.2. The molecule has 4 rings (SSSR count). The zero-order chi connectivity index (χ0) is 21.4. The molecule has 1 fully saturated rings. The maximum atomic E-state index is 13.0. The Labute approximate surface area is 177 Å². The number of aryl methyl sites for hydroxylation is 1. The summed E-state index contributed by atoms with van der Waals surface area (Å²) in [6.07, 6.45) is 1.45. The van der Waals surface area contributed by atoms with Gasteiger partial charge in [0, 0.05) is 11.3 Å². The van der Waals surface area contributed by atoms with E-state index >= 15 is 0 Å². The van der Waals surface area contributed by atoms with Gasteiger partial charge in [-0.25, -0.2) is 0 Å². The van der Waals surface area contributed by atoms with E-state index in [1.807, 2.05) is 19.1 Å². The van der Waals surface area contributed by atoms with Crippen LogP contribution < -0.4 is 9.64 Å². The molecule has 1 aliphatic rings. The largest absolute Gasteiger partial charge is 0.507 e. The Morgan fingerprint density at radius 2 is 1.87 bits per heavy atom. The van der Waals surface area contributed by atoms with Crippen molar-refractivity contribution in [1.82, 2.24) is 0 Å². The number of amides is 1. The van der Waals surface area contributed by atoms with Crippen molar-refractivity contribution in [2.45, 2.75) is 13.0 Å². The molecule has 0 saturated carbocycles. The number of halogens is 1. The molecule has 1 amide bonds. The minimum atomic E-state index is -0.939. The second-order valence-corrected chi connectivity index (χ2v) is 7.28. The number of aliphatic hydroxyl groups is 1. The Morgan fingerprint density at radius 1 is 1.13 bits per heavy atom. The highest BCUT2D eigenvalue weighted by atomic mass is 35.5. The molecule has 152 valence electrons. The lowest BCUT2D eigenvalue weighted by Crippen LogP contribution is -2.29. The Kier molecular flexibility index (Phi) is 5.10. The molecule has 3 aromatic rings. The molecule has 0 spiro atoms. The van der Waals surface area contributed by atoms with E-state index < -0.39 is 17.7 Å². The molecule has 1 saturated heterocycles. The zero-order valence-corrected chi connectivity index (χ0v) is 17.0. The van der Waals surface area contributed by atoms with Crippen LogP contribution in [0, 0.1) is 6.92 Å². The van der Waals surface area contributed by atoms with E-state index in [0.717, 1.165) is 5.56 Å². The number of ether oxygens (including phenoxy) is 1. The number of carbonyl (C=O) groups is 2. The highest BCUT2D eigenvalue weighted by molar-refractivity contribution is 6.51. The number of rotatable bonds is 4. The maximum absolute atomic E-state index is 13.0. The van der Waals surface area contributed by atoms with Crippen LogP contribution in [0.5, 0.6) is 5.75 Å². The van der Waals surface area contributed by atoms with Crippen molar-refractivity contribution in [3.8, 4) is 5.75 Å². The van der Waals surface area contributed by atoms with E-state index in [4.69, 9.17) is 20.8 Å². The molecule has 6 nitrogen and oxygen atoms in total. The molecule has 1 N–H and O–H groups in total. The molecule has 7 heteroatoms. The van der Waals surface area contributed by atoms with Crippen LogP contribution in [0.25, 0.3) is 5.76 Å². The fraction of sp³-hybridized carbons (Fsp3) is 0.130. The number of methoxy groups -OCH3 is 1. The molecule has 1 unspecified atom stereocenters. The number of aliphatic hydroxyl groups excluding tert-OH is 1. The van der Waals surface area contributed by atoms with Crippen molar-refractivity contribution in [1.29, 1.82) is 0 Å². The van der Waals surface area contributed by atoms with Crippen LogP contribution in [0.15, 0.2) is 70.9 Å². The lowest BCUT2D eigenvalue weighted by Gasteiger charge is -2.23. The number of hydrogen-bond acceptors (Lipinski definition) is 5. The van der Waals surface area contributed by atoms with Crippen LogP contribution in [0.1, 0.15) is 22.9 Å². The number of furan rings is 1. The van der Waals surface area contributed by atoms with Gasteiger partial charge < -0.3 is 14.3 Å². The minimum Gasteiger partial charge on any atom is -0.507 e. The fourth-order valence-corrected chi connectivity index (χ4v) is 3.74. The molecular weight excluding hydrogens is 406 g/mol. The number of Topliss-reactive ketones (excluding diaryl/α,β-unsaturated/α-hetero) is 1. The van der Waals surface area contributed by atoms with Crippen molar-refractivity contribution in [2.24, 2.45) is 0 Å². The number of nitrogens with zero attached hydrogens (tertiary/aromatic N) is 1. The van der Waals surface area contributed by atoms with E-state index in [9.17, 15) is 14.7 Å². The van der Waals surface area contributed by atoms with Gasteiger partial charge in [0.25, 0.3) is 11.7 Å². The van der Waals surface area contributed by atoms with Gasteiger partial charge in [-0.1, -0.05) is 41.4 Å². The number of benzene rings is 2. The van der Waals surface area contributed by atoms with E-state index in [0.29, 0.717) is 22.8 Å². The Balaban J connectivity index is 1.90. The quantitative estimate of drug-likeness (QED) is 0.367. The predicted molar refractivity (Wildman–Crippen MR) is 113 cm³/mol. The summed E-state index contributed by atoms with van der Waals surface area (Å²) in [6.45, 7) is 1.92. The van der Waals surface area contributed by atoms with Gasteiger partial charge in [-0.3, -0.25) is 14.5 Å². The van der Waals surface area contributed by atoms with E-state index in [1.54, 1.807) is 36.4 Å². The molecule has 0 bridgehead atoms. The van der Waals surface area contributed by atoms with Crippen molar-refractivity contribution < 1.29 is 23.8 Å². The van der Waals surface area contributed by atoms with E-state index in [1.165, 1.54) is 24.3 Å². The van der Waals surface area contributed by atoms with E-state index in [2.05, 4.69) is 0 Å². The van der Waals surface area contributed by atoms with Gasteiger partial charge in [0.2, 0.25) is 0 Å². The summed E-state index contributed by atoms with van der Waals surface area (Å²) in [7, 11) is 1.48. The third kappa shape index (κ3) is 3.25. The minimum absolute atomic E-state index is 0.0502. The Bertz CT molecular complexity index is 1150. The first-order valence-corrected chi connectivity index (χ1v) is 9.55. The highest BCUT2D eigenvalue weighted by Crippen LogP contribution is 2.43. The van der Waals surface area contributed by atoms with Crippen molar-refractivity contribution in [3.05, 3.63) is 88.3 Å². The lowest BCUT2D eigenvalue weighted by atomic mass is 9.98. The number of anilines is 1. The van der Waals surface area contributed by atoms with Crippen LogP contribution in [-0.4, -0.2) is 23.9 Å². The summed E-state index contributed by atoms with van der Waals surface area (Å²) in [6, 6.07) is 14.2. The highest BCUT2D eigenvalue weighted by Gasteiger charge is 2.48. The number of ketones is 1. The van der Waals surface area contributed by atoms with Crippen LogP contribution in [-0.2, 0) is 9.59 Å². The molecule has 1 atom stereocenters. The molecule has 0 aliphatic carbocycles. The van der Waals surface area contributed by atoms with Crippen molar-refractivity contribution >= 4 is 34.7 Å². The monoisotopic (exact) mass is 423 g/mol. The second kappa shape index (κ2) is 7.72. The molecule has 2 aromatic carbocycles. The predicted octanol–water partition coefficient (Wildman–Crippen LogP) is 4.88. The first-order valence-electron chi connectivity index (χ1n) is 9.17. The van der Waals surface area contributed by atoms with Crippen LogP contribution in [0.3, 0.4) is 0 Å². The third-order valence-electron chi connectivity index (χ3n) is 5.00.